The summed E-state index contributed by atoms with van der Waals surface area (Å²) in [7, 11) is 0. The zero-order chi connectivity index (χ0) is 18.1. The summed E-state index contributed by atoms with van der Waals surface area (Å²) in [6.07, 6.45) is 8.80. The van der Waals surface area contributed by atoms with Crippen LogP contribution in [-0.2, 0) is 4.79 Å². The number of hydrazine groups is 1. The van der Waals surface area contributed by atoms with Crippen LogP contribution >= 0.6 is 0 Å². The lowest BCUT2D eigenvalue weighted by molar-refractivity contribution is -0.157. The van der Waals surface area contributed by atoms with Gasteiger partial charge in [-0.25, -0.2) is 10.4 Å². The van der Waals surface area contributed by atoms with Crippen LogP contribution in [0.5, 0.6) is 0 Å². The standard InChI is InChI=1S/C22H30N2O2/c1-2-3-9-23-24(20(25)19-7-5-4-6-8-19)21(26)22-13-16-10-17(14-22)12-18(11-16)15-22/h4-8,16-18,23H,2-3,9-15H2,1H3. The molecule has 5 rings (SSSR count). The molecule has 0 spiro atoms. The summed E-state index contributed by atoms with van der Waals surface area (Å²) in [5, 5.41) is 1.37. The zero-order valence-corrected chi connectivity index (χ0v) is 15.7. The zero-order valence-electron chi connectivity index (χ0n) is 15.7. The van der Waals surface area contributed by atoms with E-state index in [1.54, 1.807) is 12.1 Å². The Balaban J connectivity index is 1.59. The Morgan fingerprint density at radius 3 is 2.15 bits per heavy atom. The SMILES string of the molecule is CCCCNN(C(=O)c1ccccc1)C(=O)C12CC3CC(CC(C3)C1)C2. The van der Waals surface area contributed by atoms with Gasteiger partial charge < -0.3 is 0 Å². The highest BCUT2D eigenvalue weighted by molar-refractivity contribution is 6.05. The van der Waals surface area contributed by atoms with E-state index in [4.69, 9.17) is 0 Å². The molecule has 140 valence electrons. The molecule has 0 atom stereocenters. The van der Waals surface area contributed by atoms with Crippen LogP contribution in [0.4, 0.5) is 0 Å². The third-order valence-electron chi connectivity index (χ3n) is 6.72. The number of hydrogen-bond donors (Lipinski definition) is 1. The van der Waals surface area contributed by atoms with Crippen molar-refractivity contribution >= 4 is 11.8 Å². The van der Waals surface area contributed by atoms with Gasteiger partial charge in [0.1, 0.15) is 0 Å². The molecule has 0 radical (unpaired) electrons. The van der Waals surface area contributed by atoms with Crippen LogP contribution < -0.4 is 5.43 Å². The fourth-order valence-corrected chi connectivity index (χ4v) is 5.92. The smallest absolute Gasteiger partial charge is 0.272 e. The highest BCUT2D eigenvalue weighted by Gasteiger charge is 2.56. The van der Waals surface area contributed by atoms with Gasteiger partial charge in [-0.2, -0.15) is 0 Å². The minimum absolute atomic E-state index is 0.0292. The molecule has 1 aromatic carbocycles. The number of imide groups is 1. The Labute approximate surface area is 156 Å². The molecule has 4 aliphatic rings. The van der Waals surface area contributed by atoms with E-state index in [9.17, 15) is 9.59 Å². The van der Waals surface area contributed by atoms with Crippen LogP contribution in [0.1, 0.15) is 68.6 Å². The second-order valence-corrected chi connectivity index (χ2v) is 8.77. The Bertz CT molecular complexity index is 635. The fourth-order valence-electron chi connectivity index (χ4n) is 5.92. The average molecular weight is 354 g/mol. The largest absolute Gasteiger partial charge is 0.275 e. The first-order valence-electron chi connectivity index (χ1n) is 10.3. The van der Waals surface area contributed by atoms with Crippen LogP contribution in [0.3, 0.4) is 0 Å². The van der Waals surface area contributed by atoms with Crippen LogP contribution in [0.25, 0.3) is 0 Å². The molecule has 4 aliphatic carbocycles. The lowest BCUT2D eigenvalue weighted by Gasteiger charge is -2.56. The molecule has 0 saturated heterocycles. The van der Waals surface area contributed by atoms with Gasteiger partial charge in [-0.05, 0) is 74.8 Å². The van der Waals surface area contributed by atoms with Crippen molar-refractivity contribution in [3.05, 3.63) is 35.9 Å². The Morgan fingerprint density at radius 2 is 1.62 bits per heavy atom. The van der Waals surface area contributed by atoms with E-state index in [1.807, 2.05) is 18.2 Å². The second-order valence-electron chi connectivity index (χ2n) is 8.77. The lowest BCUT2D eigenvalue weighted by Crippen LogP contribution is -2.59. The van der Waals surface area contributed by atoms with Gasteiger partial charge in [0, 0.05) is 12.1 Å². The van der Waals surface area contributed by atoms with Crippen LogP contribution in [0, 0.1) is 23.2 Å². The molecule has 26 heavy (non-hydrogen) atoms. The molecule has 4 nitrogen and oxygen atoms in total. The topological polar surface area (TPSA) is 49.4 Å². The van der Waals surface area contributed by atoms with Crippen molar-refractivity contribution in [2.75, 3.05) is 6.54 Å². The van der Waals surface area contributed by atoms with E-state index in [0.717, 1.165) is 32.1 Å². The third kappa shape index (κ3) is 3.20. The van der Waals surface area contributed by atoms with Crippen LogP contribution in [0.2, 0.25) is 0 Å². The molecule has 4 fully saturated rings. The number of amides is 2. The minimum Gasteiger partial charge on any atom is -0.272 e. The molecule has 0 unspecified atom stereocenters. The third-order valence-corrected chi connectivity index (χ3v) is 6.72. The van der Waals surface area contributed by atoms with Crippen molar-refractivity contribution < 1.29 is 9.59 Å². The summed E-state index contributed by atoms with van der Waals surface area (Å²) in [6, 6.07) is 9.19. The molecule has 1 N–H and O–H groups in total. The van der Waals surface area contributed by atoms with E-state index in [1.165, 1.54) is 24.3 Å². The monoisotopic (exact) mass is 354 g/mol. The van der Waals surface area contributed by atoms with Crippen LogP contribution in [0.15, 0.2) is 30.3 Å². The average Bonchev–Trinajstić information content (AvgIpc) is 2.64. The number of hydrogen-bond acceptors (Lipinski definition) is 3. The number of nitrogens with zero attached hydrogens (tertiary/aromatic N) is 1. The van der Waals surface area contributed by atoms with Crippen molar-refractivity contribution in [3.63, 3.8) is 0 Å². The van der Waals surface area contributed by atoms with Gasteiger partial charge in [-0.15, -0.1) is 0 Å². The summed E-state index contributed by atoms with van der Waals surface area (Å²) in [4.78, 5) is 26.8. The minimum atomic E-state index is -0.307. The molecule has 0 aromatic heterocycles. The van der Waals surface area contributed by atoms with Gasteiger partial charge in [-0.1, -0.05) is 31.5 Å². The molecular weight excluding hydrogens is 324 g/mol. The number of carbonyl (C=O) groups excluding carboxylic acids is 2. The van der Waals surface area contributed by atoms with Gasteiger partial charge in [0.15, 0.2) is 0 Å². The van der Waals surface area contributed by atoms with E-state index < -0.39 is 0 Å². The van der Waals surface area contributed by atoms with Crippen molar-refractivity contribution in [2.45, 2.75) is 58.3 Å². The summed E-state index contributed by atoms with van der Waals surface area (Å²) >= 11 is 0. The maximum absolute atomic E-state index is 13.6. The molecule has 2 amide bonds. The van der Waals surface area contributed by atoms with E-state index >= 15 is 0 Å². The summed E-state index contributed by atoms with van der Waals surface area (Å²) in [6.45, 7) is 2.78. The first-order valence-corrected chi connectivity index (χ1v) is 10.3. The quantitative estimate of drug-likeness (QED) is 0.474. The Morgan fingerprint density at radius 1 is 1.04 bits per heavy atom. The predicted octanol–water partition coefficient (Wildman–Crippen LogP) is 4.18. The summed E-state index contributed by atoms with van der Waals surface area (Å²) in [5.74, 6) is 1.89. The van der Waals surface area contributed by atoms with Gasteiger partial charge in [0.25, 0.3) is 5.91 Å². The molecular formula is C22H30N2O2. The van der Waals surface area contributed by atoms with Gasteiger partial charge in [0.2, 0.25) is 5.91 Å². The van der Waals surface area contributed by atoms with Crippen molar-refractivity contribution in [2.24, 2.45) is 23.2 Å². The normalized spacial score (nSPS) is 31.8. The number of rotatable bonds is 6. The van der Waals surface area contributed by atoms with E-state index in [0.29, 0.717) is 29.9 Å². The van der Waals surface area contributed by atoms with Gasteiger partial charge in [-0.3, -0.25) is 9.59 Å². The maximum atomic E-state index is 13.6. The molecule has 1 aromatic rings. The Hall–Kier alpha value is -1.68. The fraction of sp³-hybridized carbons (Fsp3) is 0.636. The lowest BCUT2D eigenvalue weighted by atomic mass is 9.49. The number of nitrogens with one attached hydrogen (secondary N) is 1. The molecule has 4 saturated carbocycles. The van der Waals surface area contributed by atoms with E-state index in [2.05, 4.69) is 12.3 Å². The highest BCUT2D eigenvalue weighted by Crippen LogP contribution is 2.60. The first-order chi connectivity index (χ1) is 12.6. The molecule has 4 bridgehead atoms. The summed E-state index contributed by atoms with van der Waals surface area (Å²) in [5.41, 5.74) is 3.45. The predicted molar refractivity (Wildman–Crippen MR) is 101 cm³/mol. The second kappa shape index (κ2) is 7.15. The number of carbonyl (C=O) groups is 2. The molecule has 4 heteroatoms. The molecule has 0 aliphatic heterocycles. The van der Waals surface area contributed by atoms with Crippen LogP contribution in [-0.4, -0.2) is 23.4 Å². The number of unbranched alkanes of at least 4 members (excludes halogenated alkanes) is 1. The summed E-state index contributed by atoms with van der Waals surface area (Å²) < 4.78 is 0. The van der Waals surface area contributed by atoms with Crippen molar-refractivity contribution in [1.29, 1.82) is 0 Å². The van der Waals surface area contributed by atoms with Gasteiger partial charge in [0.05, 0.1) is 5.41 Å². The van der Waals surface area contributed by atoms with Gasteiger partial charge >= 0.3 is 0 Å². The number of benzene rings is 1. The first kappa shape index (κ1) is 17.7. The van der Waals surface area contributed by atoms with Crippen molar-refractivity contribution in [3.8, 4) is 0 Å². The van der Waals surface area contributed by atoms with E-state index in [-0.39, 0.29) is 17.2 Å². The highest BCUT2D eigenvalue weighted by atomic mass is 16.2. The Kier molecular flexibility index (Phi) is 4.87. The van der Waals surface area contributed by atoms with Crippen molar-refractivity contribution in [1.82, 2.24) is 10.4 Å². The molecule has 0 heterocycles. The maximum Gasteiger partial charge on any atom is 0.275 e.